The fourth-order valence-electron chi connectivity index (χ4n) is 5.01. The molecular weight excluding hydrogens is 533 g/mol. The fraction of sp³-hybridized carbons (Fsp3) is 0.206. The van der Waals surface area contributed by atoms with Crippen LogP contribution < -0.4 is 10.4 Å². The summed E-state index contributed by atoms with van der Waals surface area (Å²) in [5.74, 6) is -0.354. The highest BCUT2D eigenvalue weighted by molar-refractivity contribution is 5.74. The third-order valence-corrected chi connectivity index (χ3v) is 7.05. The first kappa shape index (κ1) is 28.5. The molecule has 4 aromatic carbocycles. The monoisotopic (exact) mass is 565 g/mol. The summed E-state index contributed by atoms with van der Waals surface area (Å²) in [7, 11) is 0. The fourth-order valence-corrected chi connectivity index (χ4v) is 5.01. The van der Waals surface area contributed by atoms with Crippen molar-refractivity contribution in [1.29, 1.82) is 0 Å². The summed E-state index contributed by atoms with van der Waals surface area (Å²) in [5.41, 5.74) is 5.01. The number of carbonyl (C=O) groups is 1. The van der Waals surface area contributed by atoms with Gasteiger partial charge < -0.3 is 9.84 Å². The molecule has 0 aliphatic rings. The zero-order valence-electron chi connectivity index (χ0n) is 23.6. The number of ether oxygens (including phenoxy) is 1. The summed E-state index contributed by atoms with van der Waals surface area (Å²) < 4.78 is 23.1. The lowest BCUT2D eigenvalue weighted by molar-refractivity contribution is -0.136. The molecule has 0 unspecified atom stereocenters. The maximum Gasteiger partial charge on any atom is 0.355 e. The molecule has 214 valence electrons. The van der Waals surface area contributed by atoms with Gasteiger partial charge in [0.1, 0.15) is 17.4 Å². The Morgan fingerprint density at radius 2 is 1.69 bits per heavy atom. The van der Waals surface area contributed by atoms with E-state index in [0.717, 1.165) is 22.3 Å². The molecule has 0 radical (unpaired) electrons. The Hall–Kier alpha value is -4.98. The largest absolute Gasteiger partial charge is 0.494 e. The number of halogens is 1. The predicted molar refractivity (Wildman–Crippen MR) is 160 cm³/mol. The molecule has 0 saturated heterocycles. The SMILES string of the molecule is CCOc1ccc(-c2cccc(CCCc3nn(-c4ccc(C)cc4)c(=O)n3-c3ccccc3F)c2)cc1CC(=O)O. The lowest BCUT2D eigenvalue weighted by Crippen LogP contribution is -2.24. The minimum absolute atomic E-state index is 0.123. The van der Waals surface area contributed by atoms with Gasteiger partial charge in [0.15, 0.2) is 0 Å². The minimum Gasteiger partial charge on any atom is -0.494 e. The highest BCUT2D eigenvalue weighted by atomic mass is 19.1. The summed E-state index contributed by atoms with van der Waals surface area (Å²) in [4.78, 5) is 24.9. The zero-order chi connectivity index (χ0) is 29.6. The summed E-state index contributed by atoms with van der Waals surface area (Å²) in [6.07, 6.45) is 1.71. The molecular formula is C34H32FN3O4. The predicted octanol–water partition coefficient (Wildman–Crippen LogP) is 6.34. The Balaban J connectivity index is 1.39. The second-order valence-electron chi connectivity index (χ2n) is 10.1. The smallest absolute Gasteiger partial charge is 0.355 e. The number of aromatic nitrogens is 3. The molecule has 0 aliphatic carbocycles. The Morgan fingerprint density at radius 3 is 2.43 bits per heavy atom. The average molecular weight is 566 g/mol. The maximum absolute atomic E-state index is 14.8. The second kappa shape index (κ2) is 12.7. The van der Waals surface area contributed by atoms with Crippen molar-refractivity contribution in [2.24, 2.45) is 0 Å². The molecule has 5 aromatic rings. The minimum atomic E-state index is -0.916. The molecule has 8 heteroatoms. The molecule has 0 saturated carbocycles. The van der Waals surface area contributed by atoms with Crippen LogP contribution in [0.25, 0.3) is 22.5 Å². The third kappa shape index (κ3) is 6.33. The van der Waals surface area contributed by atoms with Gasteiger partial charge in [-0.2, -0.15) is 4.68 Å². The summed E-state index contributed by atoms with van der Waals surface area (Å²) in [5, 5.41) is 14.0. The number of nitrogens with zero attached hydrogens (tertiary/aromatic N) is 3. The van der Waals surface area contributed by atoms with Crippen LogP contribution in [-0.2, 0) is 24.1 Å². The van der Waals surface area contributed by atoms with Crippen LogP contribution in [0.3, 0.4) is 0 Å². The van der Waals surface area contributed by atoms with Crippen LogP contribution in [0.2, 0.25) is 0 Å². The van der Waals surface area contributed by atoms with Crippen LogP contribution in [-0.4, -0.2) is 32.0 Å². The number of hydrogen-bond donors (Lipinski definition) is 1. The highest BCUT2D eigenvalue weighted by Crippen LogP contribution is 2.28. The van der Waals surface area contributed by atoms with E-state index >= 15 is 0 Å². The van der Waals surface area contributed by atoms with Crippen LogP contribution in [0.15, 0.2) is 95.8 Å². The van der Waals surface area contributed by atoms with Crippen LogP contribution >= 0.6 is 0 Å². The van der Waals surface area contributed by atoms with E-state index in [0.29, 0.717) is 48.7 Å². The molecule has 5 rings (SSSR count). The van der Waals surface area contributed by atoms with Gasteiger partial charge in [-0.15, -0.1) is 5.10 Å². The Bertz CT molecular complexity index is 1770. The zero-order valence-corrected chi connectivity index (χ0v) is 23.6. The van der Waals surface area contributed by atoms with Gasteiger partial charge in [0.2, 0.25) is 0 Å². The molecule has 0 amide bonds. The van der Waals surface area contributed by atoms with E-state index in [1.807, 2.05) is 74.5 Å². The van der Waals surface area contributed by atoms with Crippen molar-refractivity contribution in [2.45, 2.75) is 39.5 Å². The van der Waals surface area contributed by atoms with E-state index in [1.165, 1.54) is 15.3 Å². The Morgan fingerprint density at radius 1 is 0.929 bits per heavy atom. The van der Waals surface area contributed by atoms with Gasteiger partial charge in [-0.1, -0.05) is 60.2 Å². The van der Waals surface area contributed by atoms with Crippen molar-refractivity contribution in [3.63, 3.8) is 0 Å². The van der Waals surface area contributed by atoms with Crippen molar-refractivity contribution in [3.8, 4) is 28.3 Å². The molecule has 0 bridgehead atoms. The first-order valence-corrected chi connectivity index (χ1v) is 13.9. The molecule has 1 heterocycles. The molecule has 0 atom stereocenters. The highest BCUT2D eigenvalue weighted by Gasteiger charge is 2.18. The van der Waals surface area contributed by atoms with Crippen molar-refractivity contribution in [3.05, 3.63) is 130 Å². The lowest BCUT2D eigenvalue weighted by atomic mass is 9.98. The number of hydrogen-bond acceptors (Lipinski definition) is 4. The van der Waals surface area contributed by atoms with Crippen LogP contribution in [0, 0.1) is 12.7 Å². The normalized spacial score (nSPS) is 11.0. The number of para-hydroxylation sites is 1. The number of aliphatic carboxylic acids is 1. The van der Waals surface area contributed by atoms with E-state index in [9.17, 15) is 19.1 Å². The molecule has 7 nitrogen and oxygen atoms in total. The molecule has 0 spiro atoms. The third-order valence-electron chi connectivity index (χ3n) is 7.05. The van der Waals surface area contributed by atoms with E-state index in [2.05, 4.69) is 11.2 Å². The average Bonchev–Trinajstić information content (AvgIpc) is 3.30. The topological polar surface area (TPSA) is 86.4 Å². The number of rotatable bonds is 11. The van der Waals surface area contributed by atoms with E-state index in [-0.39, 0.29) is 12.1 Å². The molecule has 0 aliphatic heterocycles. The number of carboxylic acids is 1. The van der Waals surface area contributed by atoms with Crippen molar-refractivity contribution >= 4 is 5.97 Å². The quantitative estimate of drug-likeness (QED) is 0.202. The van der Waals surface area contributed by atoms with Gasteiger partial charge in [-0.3, -0.25) is 4.79 Å². The number of benzene rings is 4. The van der Waals surface area contributed by atoms with E-state index in [1.54, 1.807) is 18.2 Å². The van der Waals surface area contributed by atoms with Gasteiger partial charge in [-0.25, -0.2) is 13.8 Å². The van der Waals surface area contributed by atoms with Gasteiger partial charge in [0.05, 0.1) is 24.4 Å². The molecule has 1 aromatic heterocycles. The molecule has 1 N–H and O–H groups in total. The number of aryl methyl sites for hydroxylation is 3. The Labute approximate surface area is 243 Å². The van der Waals surface area contributed by atoms with Crippen molar-refractivity contribution in [1.82, 2.24) is 14.3 Å². The summed E-state index contributed by atoms with van der Waals surface area (Å²) in [6.45, 7) is 4.29. The molecule has 0 fully saturated rings. The van der Waals surface area contributed by atoms with Crippen molar-refractivity contribution in [2.75, 3.05) is 6.61 Å². The van der Waals surface area contributed by atoms with Crippen LogP contribution in [0.1, 0.15) is 35.9 Å². The van der Waals surface area contributed by atoms with Crippen LogP contribution in [0.4, 0.5) is 4.39 Å². The summed E-state index contributed by atoms with van der Waals surface area (Å²) >= 11 is 0. The van der Waals surface area contributed by atoms with Gasteiger partial charge in [0.25, 0.3) is 0 Å². The lowest BCUT2D eigenvalue weighted by Gasteiger charge is -2.12. The Kier molecular flexibility index (Phi) is 8.62. The first-order valence-electron chi connectivity index (χ1n) is 13.9. The van der Waals surface area contributed by atoms with Crippen LogP contribution in [0.5, 0.6) is 5.75 Å². The standard InChI is InChI=1S/C34H32FN3O4/c1-3-42-31-19-16-26(21-27(31)22-33(39)40)25-10-6-8-24(20-25)9-7-13-32-36-38(28-17-14-23(2)15-18-28)34(41)37(32)30-12-5-4-11-29(30)35/h4-6,8,10-12,14-21H,3,7,9,13,22H2,1-2H3,(H,39,40). The van der Waals surface area contributed by atoms with Gasteiger partial charge in [0, 0.05) is 12.0 Å². The molecule has 42 heavy (non-hydrogen) atoms. The second-order valence-corrected chi connectivity index (χ2v) is 10.1. The maximum atomic E-state index is 14.8. The first-order chi connectivity index (χ1) is 20.3. The summed E-state index contributed by atoms with van der Waals surface area (Å²) in [6, 6.07) is 27.4. The van der Waals surface area contributed by atoms with Gasteiger partial charge >= 0.3 is 11.7 Å². The van der Waals surface area contributed by atoms with Gasteiger partial charge in [-0.05, 0) is 79.8 Å². The number of carboxylic acid groups (broad SMARTS) is 1. The van der Waals surface area contributed by atoms with Crippen molar-refractivity contribution < 1.29 is 19.0 Å². The van der Waals surface area contributed by atoms with E-state index < -0.39 is 17.5 Å². The van der Waals surface area contributed by atoms with E-state index in [4.69, 9.17) is 4.74 Å².